The van der Waals surface area contributed by atoms with Crippen molar-refractivity contribution in [2.75, 3.05) is 0 Å². The number of ketones is 1. The van der Waals surface area contributed by atoms with E-state index in [9.17, 15) is 14.7 Å². The normalized spacial score (nSPS) is 16.7. The van der Waals surface area contributed by atoms with Gasteiger partial charge in [0.2, 0.25) is 0 Å². The monoisotopic (exact) mass is 392 g/mol. The first-order valence-corrected chi connectivity index (χ1v) is 10.3. The molecule has 1 saturated carbocycles. The first kappa shape index (κ1) is 23.5. The Morgan fingerprint density at radius 3 is 2.04 bits per heavy atom. The minimum atomic E-state index is -0.800. The molecule has 0 spiro atoms. The number of carbonyl (C=O) groups excluding carboxylic acids is 1. The molecule has 1 aromatic carbocycles. The molecule has 0 radical (unpaired) electrons. The molecule has 0 aromatic heterocycles. The van der Waals surface area contributed by atoms with Crippen molar-refractivity contribution in [1.82, 2.24) is 0 Å². The second kappa shape index (κ2) is 10.7. The maximum absolute atomic E-state index is 13.7. The van der Waals surface area contributed by atoms with Crippen LogP contribution in [-0.4, -0.2) is 16.9 Å². The minimum Gasteiger partial charge on any atom is -0.481 e. The lowest BCUT2D eigenvalue weighted by molar-refractivity contribution is -0.146. The van der Waals surface area contributed by atoms with Gasteiger partial charge in [-0.2, -0.15) is 0 Å². The van der Waals surface area contributed by atoms with E-state index < -0.39 is 17.3 Å². The van der Waals surface area contributed by atoms with Crippen LogP contribution in [0.2, 0.25) is 0 Å². The molecule has 1 atom stereocenters. The predicted molar refractivity (Wildman–Crippen MR) is 110 cm³/mol. The summed E-state index contributed by atoms with van der Waals surface area (Å²) in [6, 6.07) is 4.08. The third kappa shape index (κ3) is 5.25. The standard InChI is InChI=1S/C22H32O3.HOP/c1-5-6-10-18(21(24)25)22(11-8-7-9-12-22)20(23)19-16(3)13-15(2)14-17(19)4;1-2/h13-14,18H,5-12H2,1-4H3,(H,24,25);2H. The van der Waals surface area contributed by atoms with E-state index in [1.54, 1.807) is 9.12 Å². The molecule has 1 aromatic rings. The highest BCUT2D eigenvalue weighted by Crippen LogP contribution is 2.48. The molecule has 4 nitrogen and oxygen atoms in total. The van der Waals surface area contributed by atoms with Crippen molar-refractivity contribution in [2.45, 2.75) is 79.1 Å². The average molecular weight is 392 g/mol. The van der Waals surface area contributed by atoms with Gasteiger partial charge in [-0.3, -0.25) is 14.2 Å². The summed E-state index contributed by atoms with van der Waals surface area (Å²) < 4.78 is 8.06. The molecular formula is C22H33O4P. The molecule has 2 rings (SSSR count). The zero-order chi connectivity index (χ0) is 20.6. The van der Waals surface area contributed by atoms with Crippen LogP contribution in [0, 0.1) is 32.1 Å². The van der Waals surface area contributed by atoms with Crippen molar-refractivity contribution in [3.05, 3.63) is 34.4 Å². The van der Waals surface area contributed by atoms with Gasteiger partial charge in [-0.05, 0) is 51.2 Å². The Balaban J connectivity index is 0.00000176. The van der Waals surface area contributed by atoms with Gasteiger partial charge in [0.25, 0.3) is 0 Å². The molecule has 5 heteroatoms. The highest BCUT2D eigenvalue weighted by atomic mass is 31.0. The van der Waals surface area contributed by atoms with Crippen LogP contribution in [0.15, 0.2) is 12.1 Å². The van der Waals surface area contributed by atoms with E-state index in [4.69, 9.17) is 4.57 Å². The van der Waals surface area contributed by atoms with Crippen LogP contribution < -0.4 is 0 Å². The number of aliphatic carboxylic acids is 1. The third-order valence-electron chi connectivity index (χ3n) is 5.91. The Bertz CT molecular complexity index is 639. The quantitative estimate of drug-likeness (QED) is 0.449. The molecule has 1 fully saturated rings. The fourth-order valence-corrected chi connectivity index (χ4v) is 4.75. The topological polar surface area (TPSA) is 71.4 Å². The SMILES string of the molecule is CCCCC(C(=O)O)C1(C(=O)c2c(C)cc(C)cc2C)CCCCC1.O=P. The molecule has 0 aliphatic heterocycles. The number of hydrogen-bond donors (Lipinski definition) is 1. The fraction of sp³-hybridized carbons (Fsp3) is 0.636. The smallest absolute Gasteiger partial charge is 0.307 e. The van der Waals surface area contributed by atoms with E-state index in [0.717, 1.165) is 54.4 Å². The second-order valence-electron chi connectivity index (χ2n) is 7.85. The molecule has 0 amide bonds. The molecule has 1 aliphatic rings. The van der Waals surface area contributed by atoms with Crippen LogP contribution in [0.4, 0.5) is 0 Å². The summed E-state index contributed by atoms with van der Waals surface area (Å²) in [6.07, 6.45) is 6.83. The van der Waals surface area contributed by atoms with Crippen molar-refractivity contribution in [1.29, 1.82) is 0 Å². The minimum absolute atomic E-state index is 0.0747. The van der Waals surface area contributed by atoms with Gasteiger partial charge in [-0.1, -0.05) is 56.7 Å². The van der Waals surface area contributed by atoms with Gasteiger partial charge >= 0.3 is 5.97 Å². The maximum atomic E-state index is 13.7. The number of carboxylic acid groups (broad SMARTS) is 1. The van der Waals surface area contributed by atoms with Crippen molar-refractivity contribution in [3.8, 4) is 0 Å². The predicted octanol–water partition coefficient (Wildman–Crippen LogP) is 6.11. The molecule has 0 bridgehead atoms. The average Bonchev–Trinajstić information content (AvgIpc) is 2.63. The summed E-state index contributed by atoms with van der Waals surface area (Å²) in [7, 11) is 1.72. The van der Waals surface area contributed by atoms with Crippen LogP contribution in [0.3, 0.4) is 0 Å². The van der Waals surface area contributed by atoms with E-state index in [2.05, 4.69) is 6.92 Å². The number of rotatable bonds is 7. The lowest BCUT2D eigenvalue weighted by Gasteiger charge is -2.41. The van der Waals surface area contributed by atoms with Gasteiger partial charge < -0.3 is 5.11 Å². The molecule has 27 heavy (non-hydrogen) atoms. The molecule has 1 N–H and O–H groups in total. The van der Waals surface area contributed by atoms with Gasteiger partial charge in [0, 0.05) is 11.0 Å². The van der Waals surface area contributed by atoms with E-state index >= 15 is 0 Å². The van der Waals surface area contributed by atoms with Crippen molar-refractivity contribution in [2.24, 2.45) is 11.3 Å². The number of Topliss-reactive ketones (excluding diaryl/α,β-unsaturated/α-hetero) is 1. The Morgan fingerprint density at radius 1 is 1.07 bits per heavy atom. The number of carboxylic acids is 1. The van der Waals surface area contributed by atoms with Crippen LogP contribution in [0.5, 0.6) is 0 Å². The van der Waals surface area contributed by atoms with E-state index in [0.29, 0.717) is 19.3 Å². The molecular weight excluding hydrogens is 359 g/mol. The lowest BCUT2D eigenvalue weighted by atomic mass is 9.60. The van der Waals surface area contributed by atoms with Crippen LogP contribution in [0.25, 0.3) is 0 Å². The Hall–Kier alpha value is -1.54. The zero-order valence-electron chi connectivity index (χ0n) is 17.1. The molecule has 1 aliphatic carbocycles. The number of unbranched alkanes of at least 4 members (excludes halogenated alkanes) is 1. The van der Waals surface area contributed by atoms with Crippen LogP contribution >= 0.6 is 9.12 Å². The van der Waals surface area contributed by atoms with Gasteiger partial charge in [-0.15, -0.1) is 0 Å². The van der Waals surface area contributed by atoms with E-state index in [1.807, 2.05) is 32.9 Å². The van der Waals surface area contributed by atoms with Gasteiger partial charge in [-0.25, -0.2) is 0 Å². The summed E-state index contributed by atoms with van der Waals surface area (Å²) >= 11 is 0. The lowest BCUT2D eigenvalue weighted by Crippen LogP contribution is -2.44. The summed E-state index contributed by atoms with van der Waals surface area (Å²) in [5, 5.41) is 9.94. The van der Waals surface area contributed by atoms with E-state index in [1.165, 1.54) is 0 Å². The van der Waals surface area contributed by atoms with Gasteiger partial charge in [0.1, 0.15) is 9.12 Å². The number of hydrogen-bond acceptors (Lipinski definition) is 3. The number of carbonyl (C=O) groups is 2. The number of aryl methyl sites for hydroxylation is 3. The highest BCUT2D eigenvalue weighted by Gasteiger charge is 2.49. The largest absolute Gasteiger partial charge is 0.481 e. The number of benzene rings is 1. The molecule has 150 valence electrons. The van der Waals surface area contributed by atoms with Gasteiger partial charge in [0.15, 0.2) is 5.78 Å². The Morgan fingerprint density at radius 2 is 1.59 bits per heavy atom. The fourth-order valence-electron chi connectivity index (χ4n) is 4.75. The Kier molecular flexibility index (Phi) is 9.32. The summed E-state index contributed by atoms with van der Waals surface area (Å²) in [5.74, 6) is -1.29. The van der Waals surface area contributed by atoms with Crippen LogP contribution in [0.1, 0.15) is 85.3 Å². The van der Waals surface area contributed by atoms with E-state index in [-0.39, 0.29) is 5.78 Å². The van der Waals surface area contributed by atoms with Crippen molar-refractivity contribution < 1.29 is 19.3 Å². The van der Waals surface area contributed by atoms with Crippen molar-refractivity contribution in [3.63, 3.8) is 0 Å². The summed E-state index contributed by atoms with van der Waals surface area (Å²) in [6.45, 7) is 8.06. The van der Waals surface area contributed by atoms with Crippen molar-refractivity contribution >= 4 is 20.9 Å². The van der Waals surface area contributed by atoms with Gasteiger partial charge in [0.05, 0.1) is 5.92 Å². The molecule has 0 heterocycles. The maximum Gasteiger partial charge on any atom is 0.307 e. The molecule has 0 saturated heterocycles. The first-order chi connectivity index (χ1) is 12.8. The zero-order valence-corrected chi connectivity index (χ0v) is 18.1. The summed E-state index contributed by atoms with van der Waals surface area (Å²) in [5.41, 5.74) is 3.13. The summed E-state index contributed by atoms with van der Waals surface area (Å²) in [4.78, 5) is 25.8. The third-order valence-corrected chi connectivity index (χ3v) is 5.91. The molecule has 1 unspecified atom stereocenters. The van der Waals surface area contributed by atoms with Crippen LogP contribution in [-0.2, 0) is 9.36 Å². The second-order valence-corrected chi connectivity index (χ2v) is 7.85. The first-order valence-electron chi connectivity index (χ1n) is 9.89. The highest BCUT2D eigenvalue weighted by molar-refractivity contribution is 7.00. The Labute approximate surface area is 165 Å².